The number of carbonyl (C=O) groups is 4. The van der Waals surface area contributed by atoms with Crippen LogP contribution in [0.1, 0.15) is 63.7 Å². The first-order chi connectivity index (χ1) is 27.7. The SMILES string of the molecule is O=C(O)c1cccc(C=Nc2cc3cc(N=Cc4cccc(C(=O)O)c4O)c(N=Cc4cccc(C(=O)O)c4O)cc3cc2N=Cc2cccc(C(=O)O)c2O)c1O. The molecule has 6 aromatic rings. The van der Waals surface area contributed by atoms with Gasteiger partial charge in [-0.1, -0.05) is 24.3 Å². The van der Waals surface area contributed by atoms with E-state index in [0.29, 0.717) is 10.8 Å². The number of carboxylic acids is 4. The van der Waals surface area contributed by atoms with Gasteiger partial charge in [-0.2, -0.15) is 0 Å². The Morgan fingerprint density at radius 3 is 0.759 bits per heavy atom. The molecule has 0 aliphatic heterocycles. The van der Waals surface area contributed by atoms with Crippen LogP contribution in [0, 0.1) is 0 Å². The predicted molar refractivity (Wildman–Crippen MR) is 213 cm³/mol. The second-order valence-corrected chi connectivity index (χ2v) is 12.3. The van der Waals surface area contributed by atoms with E-state index in [0.717, 1.165) is 0 Å². The molecule has 8 N–H and O–H groups in total. The van der Waals surface area contributed by atoms with Crippen molar-refractivity contribution >= 4 is 82.3 Å². The number of phenols is 4. The van der Waals surface area contributed by atoms with E-state index in [9.17, 15) is 60.0 Å². The van der Waals surface area contributed by atoms with Crippen LogP contribution in [-0.2, 0) is 0 Å². The fourth-order valence-electron chi connectivity index (χ4n) is 5.62. The first kappa shape index (κ1) is 39.0. The van der Waals surface area contributed by atoms with Gasteiger partial charge in [0.05, 0.1) is 22.7 Å². The standard InChI is InChI=1S/C42H28N4O12/c47-35-21(5-1-9-27(35)39(51)52)17-43-31-13-25-15-33(45-19-23-7-3-11-29(37(23)49)41(55)56)34(46-20-24-8-4-12-30(38(24)50)42(57)58)16-26(25)14-32(31)44-18-22-6-2-10-28(36(22)48)40(53)54/h1-20,47-50H,(H,51,52)(H,53,54)(H,55,56)(H,57,58). The molecular formula is C42H28N4O12. The van der Waals surface area contributed by atoms with Crippen LogP contribution in [0.3, 0.4) is 0 Å². The number of rotatable bonds is 12. The summed E-state index contributed by atoms with van der Waals surface area (Å²) in [5, 5.41) is 81.3. The van der Waals surface area contributed by atoms with E-state index in [1.54, 1.807) is 24.3 Å². The Labute approximate surface area is 326 Å². The quantitative estimate of drug-likeness (QED) is 0.0562. The molecule has 0 saturated carbocycles. The van der Waals surface area contributed by atoms with Gasteiger partial charge < -0.3 is 40.9 Å². The van der Waals surface area contributed by atoms with Crippen molar-refractivity contribution in [3.05, 3.63) is 142 Å². The summed E-state index contributed by atoms with van der Waals surface area (Å²) in [4.78, 5) is 64.5. The van der Waals surface area contributed by atoms with Crippen LogP contribution < -0.4 is 0 Å². The zero-order valence-corrected chi connectivity index (χ0v) is 29.5. The Morgan fingerprint density at radius 1 is 0.362 bits per heavy atom. The molecule has 0 saturated heterocycles. The van der Waals surface area contributed by atoms with Gasteiger partial charge in [0.25, 0.3) is 0 Å². The molecule has 16 nitrogen and oxygen atoms in total. The van der Waals surface area contributed by atoms with E-state index in [2.05, 4.69) is 20.0 Å². The lowest BCUT2D eigenvalue weighted by Gasteiger charge is -2.10. The second kappa shape index (κ2) is 16.4. The smallest absolute Gasteiger partial charge is 0.339 e. The molecule has 0 unspecified atom stereocenters. The van der Waals surface area contributed by atoms with Gasteiger partial charge in [-0.25, -0.2) is 19.2 Å². The number of hydrogen-bond donors (Lipinski definition) is 8. The van der Waals surface area contributed by atoms with Crippen molar-refractivity contribution in [3.63, 3.8) is 0 Å². The van der Waals surface area contributed by atoms with Gasteiger partial charge in [-0.15, -0.1) is 0 Å². The maximum absolute atomic E-state index is 11.6. The highest BCUT2D eigenvalue weighted by atomic mass is 16.4. The number of aromatic hydroxyl groups is 4. The van der Waals surface area contributed by atoms with Gasteiger partial charge in [0.15, 0.2) is 0 Å². The Kier molecular flexibility index (Phi) is 11.0. The zero-order valence-electron chi connectivity index (χ0n) is 29.5. The fourth-order valence-corrected chi connectivity index (χ4v) is 5.62. The van der Waals surface area contributed by atoms with Crippen LogP contribution in [0.15, 0.2) is 117 Å². The highest BCUT2D eigenvalue weighted by molar-refractivity contribution is 6.03. The highest BCUT2D eigenvalue weighted by Crippen LogP contribution is 2.40. The summed E-state index contributed by atoms with van der Waals surface area (Å²) in [6, 6.07) is 22.4. The summed E-state index contributed by atoms with van der Waals surface area (Å²) < 4.78 is 0. The summed E-state index contributed by atoms with van der Waals surface area (Å²) in [7, 11) is 0. The average molecular weight is 781 g/mol. The average Bonchev–Trinajstić information content (AvgIpc) is 3.18. The third-order valence-electron chi connectivity index (χ3n) is 8.59. The van der Waals surface area contributed by atoms with Gasteiger partial charge in [-0.3, -0.25) is 20.0 Å². The van der Waals surface area contributed by atoms with E-state index < -0.39 is 46.9 Å². The minimum absolute atomic E-state index is 0.0512. The van der Waals surface area contributed by atoms with Crippen molar-refractivity contribution in [2.75, 3.05) is 0 Å². The first-order valence-electron chi connectivity index (χ1n) is 16.7. The Balaban J connectivity index is 1.56. The van der Waals surface area contributed by atoms with E-state index in [1.807, 2.05) is 0 Å². The van der Waals surface area contributed by atoms with E-state index in [4.69, 9.17) is 0 Å². The topological polar surface area (TPSA) is 280 Å². The van der Waals surface area contributed by atoms with E-state index in [-0.39, 0.29) is 67.3 Å². The van der Waals surface area contributed by atoms with Crippen LogP contribution in [-0.4, -0.2) is 89.6 Å². The molecule has 0 spiro atoms. The van der Waals surface area contributed by atoms with Crippen molar-refractivity contribution in [2.24, 2.45) is 20.0 Å². The third-order valence-corrected chi connectivity index (χ3v) is 8.59. The largest absolute Gasteiger partial charge is 0.506 e. The third kappa shape index (κ3) is 8.20. The zero-order chi connectivity index (χ0) is 41.7. The first-order valence-corrected chi connectivity index (χ1v) is 16.7. The minimum atomic E-state index is -1.37. The maximum Gasteiger partial charge on any atom is 0.339 e. The number of nitrogens with zero attached hydrogens (tertiary/aromatic N) is 4. The van der Waals surface area contributed by atoms with E-state index in [1.165, 1.54) is 97.7 Å². The lowest BCUT2D eigenvalue weighted by atomic mass is 10.1. The lowest BCUT2D eigenvalue weighted by molar-refractivity contribution is 0.0682. The van der Waals surface area contributed by atoms with Crippen LogP contribution >= 0.6 is 0 Å². The number of aliphatic imine (C=N–C) groups is 4. The highest BCUT2D eigenvalue weighted by Gasteiger charge is 2.16. The van der Waals surface area contributed by atoms with Gasteiger partial charge in [0.2, 0.25) is 0 Å². The van der Waals surface area contributed by atoms with Crippen LogP contribution in [0.5, 0.6) is 23.0 Å². The summed E-state index contributed by atoms with van der Waals surface area (Å²) in [6.07, 6.45) is 4.83. The molecule has 0 amide bonds. The molecule has 16 heteroatoms. The number of para-hydroxylation sites is 4. The number of hydrogen-bond acceptors (Lipinski definition) is 12. The molecule has 6 aromatic carbocycles. The van der Waals surface area contributed by atoms with Crippen LogP contribution in [0.25, 0.3) is 10.8 Å². The Hall–Kier alpha value is -8.66. The van der Waals surface area contributed by atoms with Gasteiger partial charge in [-0.05, 0) is 83.6 Å². The van der Waals surface area contributed by atoms with Crippen molar-refractivity contribution in [3.8, 4) is 23.0 Å². The summed E-state index contributed by atoms with van der Waals surface area (Å²) in [5.74, 6) is -7.66. The number of carboxylic acid groups (broad SMARTS) is 4. The van der Waals surface area contributed by atoms with Crippen LogP contribution in [0.4, 0.5) is 22.7 Å². The van der Waals surface area contributed by atoms with E-state index >= 15 is 0 Å². The van der Waals surface area contributed by atoms with Gasteiger partial charge in [0, 0.05) is 47.1 Å². The van der Waals surface area contributed by atoms with Gasteiger partial charge in [0.1, 0.15) is 45.3 Å². The molecule has 0 atom stereocenters. The number of aromatic carboxylic acids is 4. The molecule has 6 rings (SSSR count). The molecule has 0 aromatic heterocycles. The molecule has 58 heavy (non-hydrogen) atoms. The normalized spacial score (nSPS) is 11.7. The molecule has 0 radical (unpaired) electrons. The predicted octanol–water partition coefficient (Wildman–Crippen LogP) is 7.46. The molecule has 0 fully saturated rings. The minimum Gasteiger partial charge on any atom is -0.506 e. The molecule has 0 aliphatic carbocycles. The van der Waals surface area contributed by atoms with Gasteiger partial charge >= 0.3 is 23.9 Å². The van der Waals surface area contributed by atoms with Crippen molar-refractivity contribution < 1.29 is 60.0 Å². The summed E-state index contributed by atoms with van der Waals surface area (Å²) >= 11 is 0. The number of fused-ring (bicyclic) bond motifs is 1. The number of benzene rings is 6. The van der Waals surface area contributed by atoms with Crippen molar-refractivity contribution in [1.82, 2.24) is 0 Å². The molecular weight excluding hydrogens is 752 g/mol. The van der Waals surface area contributed by atoms with Crippen LogP contribution in [0.2, 0.25) is 0 Å². The molecule has 0 aliphatic rings. The Bertz CT molecular complexity index is 2430. The monoisotopic (exact) mass is 780 g/mol. The fraction of sp³-hybridized carbons (Fsp3) is 0. The Morgan fingerprint density at radius 2 is 0.569 bits per heavy atom. The molecule has 0 bridgehead atoms. The maximum atomic E-state index is 11.6. The molecule has 288 valence electrons. The summed E-state index contributed by atoms with van der Waals surface area (Å²) in [5.41, 5.74) is -0.687. The molecule has 0 heterocycles. The van der Waals surface area contributed by atoms with Crippen molar-refractivity contribution in [2.45, 2.75) is 0 Å². The van der Waals surface area contributed by atoms with Crippen molar-refractivity contribution in [1.29, 1.82) is 0 Å². The lowest BCUT2D eigenvalue weighted by Crippen LogP contribution is -1.98. The summed E-state index contributed by atoms with van der Waals surface area (Å²) in [6.45, 7) is 0. The second-order valence-electron chi connectivity index (χ2n) is 12.3.